The topological polar surface area (TPSA) is 51.2 Å². The maximum atomic E-state index is 13.2. The van der Waals surface area contributed by atoms with Crippen molar-refractivity contribution in [3.05, 3.63) is 59.9 Å². The van der Waals surface area contributed by atoms with Crippen LogP contribution >= 0.6 is 0 Å². The van der Waals surface area contributed by atoms with E-state index in [2.05, 4.69) is 10.3 Å². The van der Waals surface area contributed by atoms with Gasteiger partial charge in [-0.25, -0.2) is 8.78 Å². The van der Waals surface area contributed by atoms with Gasteiger partial charge in [0.2, 0.25) is 0 Å². The summed E-state index contributed by atoms with van der Waals surface area (Å²) in [5, 5.41) is 2.60. The highest BCUT2D eigenvalue weighted by atomic mass is 19.1. The van der Waals surface area contributed by atoms with E-state index < -0.39 is 17.5 Å². The molecule has 0 bridgehead atoms. The van der Waals surface area contributed by atoms with Crippen molar-refractivity contribution in [2.75, 3.05) is 6.61 Å². The molecule has 0 saturated heterocycles. The van der Waals surface area contributed by atoms with E-state index in [-0.39, 0.29) is 12.4 Å². The summed E-state index contributed by atoms with van der Waals surface area (Å²) in [6, 6.07) is 6.47. The molecule has 4 nitrogen and oxygen atoms in total. The van der Waals surface area contributed by atoms with E-state index in [1.807, 2.05) is 6.07 Å². The Morgan fingerprint density at radius 2 is 2.15 bits per heavy atom. The summed E-state index contributed by atoms with van der Waals surface area (Å²) >= 11 is 0. The first-order chi connectivity index (χ1) is 9.65. The Bertz CT molecular complexity index is 591. The van der Waals surface area contributed by atoms with E-state index in [0.29, 0.717) is 12.6 Å². The first-order valence-electron chi connectivity index (χ1n) is 5.88. The number of carbonyl (C=O) groups is 1. The normalized spacial score (nSPS) is 10.1. The van der Waals surface area contributed by atoms with Crippen molar-refractivity contribution in [3.8, 4) is 5.75 Å². The summed E-state index contributed by atoms with van der Waals surface area (Å²) < 4.78 is 30.9. The predicted octanol–water partition coefficient (Wildman–Crippen LogP) is 2.05. The molecule has 1 heterocycles. The molecular formula is C14H12F2N2O2. The maximum absolute atomic E-state index is 13.2. The molecular weight excluding hydrogens is 266 g/mol. The second-order valence-electron chi connectivity index (χ2n) is 4.00. The van der Waals surface area contributed by atoms with Crippen LogP contribution in [-0.2, 0) is 11.3 Å². The van der Waals surface area contributed by atoms with Crippen LogP contribution in [0.2, 0.25) is 0 Å². The van der Waals surface area contributed by atoms with Crippen molar-refractivity contribution in [2.45, 2.75) is 6.54 Å². The largest absolute Gasteiger partial charge is 0.481 e. The van der Waals surface area contributed by atoms with Crippen LogP contribution in [0.15, 0.2) is 42.7 Å². The van der Waals surface area contributed by atoms with Crippen LogP contribution in [0.4, 0.5) is 8.78 Å². The zero-order chi connectivity index (χ0) is 14.4. The Hall–Kier alpha value is -2.50. The number of ether oxygens (including phenoxy) is 1. The van der Waals surface area contributed by atoms with Gasteiger partial charge in [0.25, 0.3) is 5.91 Å². The van der Waals surface area contributed by atoms with Gasteiger partial charge in [0.15, 0.2) is 18.2 Å². The number of aromatic nitrogens is 1. The molecule has 2 rings (SSSR count). The van der Waals surface area contributed by atoms with Crippen LogP contribution in [0.25, 0.3) is 0 Å². The lowest BCUT2D eigenvalue weighted by Crippen LogP contribution is -2.28. The number of hydrogen-bond acceptors (Lipinski definition) is 3. The van der Waals surface area contributed by atoms with Crippen molar-refractivity contribution in [2.24, 2.45) is 0 Å². The first-order valence-corrected chi connectivity index (χ1v) is 5.88. The molecule has 0 atom stereocenters. The van der Waals surface area contributed by atoms with Crippen LogP contribution in [0.1, 0.15) is 5.56 Å². The zero-order valence-electron chi connectivity index (χ0n) is 10.5. The molecule has 0 aliphatic rings. The second-order valence-corrected chi connectivity index (χ2v) is 4.00. The van der Waals surface area contributed by atoms with Gasteiger partial charge >= 0.3 is 0 Å². The molecule has 0 aliphatic carbocycles. The number of benzene rings is 1. The molecule has 6 heteroatoms. The Labute approximate surface area is 114 Å². The molecule has 104 valence electrons. The van der Waals surface area contributed by atoms with Gasteiger partial charge in [-0.1, -0.05) is 6.07 Å². The molecule has 0 unspecified atom stereocenters. The van der Waals surface area contributed by atoms with Crippen molar-refractivity contribution in [3.63, 3.8) is 0 Å². The van der Waals surface area contributed by atoms with Crippen LogP contribution in [0.3, 0.4) is 0 Å². The number of pyridine rings is 1. The molecule has 20 heavy (non-hydrogen) atoms. The van der Waals surface area contributed by atoms with Crippen molar-refractivity contribution in [1.29, 1.82) is 0 Å². The van der Waals surface area contributed by atoms with Crippen LogP contribution in [-0.4, -0.2) is 17.5 Å². The molecule has 1 amide bonds. The SMILES string of the molecule is O=C(COc1ccc(F)cc1F)NCc1cccnc1. The maximum Gasteiger partial charge on any atom is 0.258 e. The smallest absolute Gasteiger partial charge is 0.258 e. The summed E-state index contributed by atoms with van der Waals surface area (Å²) in [5.41, 5.74) is 0.841. The highest BCUT2D eigenvalue weighted by Crippen LogP contribution is 2.17. The third kappa shape index (κ3) is 4.01. The molecule has 1 aromatic carbocycles. The number of halogens is 2. The number of nitrogens with one attached hydrogen (secondary N) is 1. The molecule has 0 radical (unpaired) electrons. The number of carbonyl (C=O) groups excluding carboxylic acids is 1. The van der Waals surface area contributed by atoms with Crippen molar-refractivity contribution in [1.82, 2.24) is 10.3 Å². The van der Waals surface area contributed by atoms with Gasteiger partial charge in [-0.05, 0) is 23.8 Å². The monoisotopic (exact) mass is 278 g/mol. The number of nitrogens with zero attached hydrogens (tertiary/aromatic N) is 1. The molecule has 0 spiro atoms. The van der Waals surface area contributed by atoms with Crippen LogP contribution in [0, 0.1) is 11.6 Å². The fraction of sp³-hybridized carbons (Fsp3) is 0.143. The summed E-state index contributed by atoms with van der Waals surface area (Å²) in [6.07, 6.45) is 3.26. The van der Waals surface area contributed by atoms with Gasteiger partial charge in [0.1, 0.15) is 5.82 Å². The predicted molar refractivity (Wildman–Crippen MR) is 67.9 cm³/mol. The van der Waals surface area contributed by atoms with E-state index in [0.717, 1.165) is 17.7 Å². The summed E-state index contributed by atoms with van der Waals surface area (Å²) in [6.45, 7) is -0.0370. The highest BCUT2D eigenvalue weighted by Gasteiger charge is 2.07. The average Bonchev–Trinajstić information content (AvgIpc) is 2.45. The van der Waals surface area contributed by atoms with Gasteiger partial charge in [0.05, 0.1) is 0 Å². The minimum Gasteiger partial charge on any atom is -0.481 e. The van der Waals surface area contributed by atoms with Gasteiger partial charge in [-0.2, -0.15) is 0 Å². The van der Waals surface area contributed by atoms with Crippen LogP contribution in [0.5, 0.6) is 5.75 Å². The number of amides is 1. The van der Waals surface area contributed by atoms with E-state index in [9.17, 15) is 13.6 Å². The Balaban J connectivity index is 1.80. The average molecular weight is 278 g/mol. The fourth-order valence-corrected chi connectivity index (χ4v) is 1.49. The third-order valence-corrected chi connectivity index (χ3v) is 2.47. The van der Waals surface area contributed by atoms with Gasteiger partial charge < -0.3 is 10.1 Å². The van der Waals surface area contributed by atoms with E-state index in [1.54, 1.807) is 18.5 Å². The van der Waals surface area contributed by atoms with Crippen molar-refractivity contribution < 1.29 is 18.3 Å². The van der Waals surface area contributed by atoms with Crippen molar-refractivity contribution >= 4 is 5.91 Å². The lowest BCUT2D eigenvalue weighted by molar-refractivity contribution is -0.123. The second kappa shape index (κ2) is 6.60. The molecule has 0 aliphatic heterocycles. The third-order valence-electron chi connectivity index (χ3n) is 2.47. The zero-order valence-corrected chi connectivity index (χ0v) is 10.5. The van der Waals surface area contributed by atoms with E-state index in [1.165, 1.54) is 0 Å². The number of rotatable bonds is 5. The standard InChI is InChI=1S/C14H12F2N2O2/c15-11-3-4-13(12(16)6-11)20-9-14(19)18-8-10-2-1-5-17-7-10/h1-7H,8-9H2,(H,18,19). The molecule has 2 aromatic rings. The summed E-state index contributed by atoms with van der Waals surface area (Å²) in [4.78, 5) is 15.4. The minimum absolute atomic E-state index is 0.164. The Kier molecular flexibility index (Phi) is 4.60. The van der Waals surface area contributed by atoms with Crippen LogP contribution < -0.4 is 10.1 Å². The summed E-state index contributed by atoms with van der Waals surface area (Å²) in [7, 11) is 0. The number of hydrogen-bond donors (Lipinski definition) is 1. The molecule has 0 saturated carbocycles. The van der Waals surface area contributed by atoms with E-state index in [4.69, 9.17) is 4.74 Å². The molecule has 1 N–H and O–H groups in total. The lowest BCUT2D eigenvalue weighted by Gasteiger charge is -2.08. The quantitative estimate of drug-likeness (QED) is 0.910. The summed E-state index contributed by atoms with van der Waals surface area (Å²) in [5.74, 6) is -2.11. The van der Waals surface area contributed by atoms with E-state index >= 15 is 0 Å². The molecule has 1 aromatic heterocycles. The highest BCUT2D eigenvalue weighted by molar-refractivity contribution is 5.77. The lowest BCUT2D eigenvalue weighted by atomic mass is 10.3. The fourth-order valence-electron chi connectivity index (χ4n) is 1.49. The Morgan fingerprint density at radius 1 is 1.30 bits per heavy atom. The van der Waals surface area contributed by atoms with Gasteiger partial charge in [0, 0.05) is 25.0 Å². The Morgan fingerprint density at radius 3 is 2.85 bits per heavy atom. The molecule has 0 fully saturated rings. The van der Waals surface area contributed by atoms with Gasteiger partial charge in [-0.3, -0.25) is 9.78 Å². The first kappa shape index (κ1) is 13.9. The minimum atomic E-state index is -0.843. The van der Waals surface area contributed by atoms with Gasteiger partial charge in [-0.15, -0.1) is 0 Å².